The van der Waals surface area contributed by atoms with E-state index in [1.54, 1.807) is 13.4 Å². The van der Waals surface area contributed by atoms with Gasteiger partial charge in [0.25, 0.3) is 5.91 Å². The number of hydrogen-bond acceptors (Lipinski definition) is 4. The second-order valence-corrected chi connectivity index (χ2v) is 7.15. The van der Waals surface area contributed by atoms with Crippen molar-refractivity contribution in [3.05, 3.63) is 76.7 Å². The van der Waals surface area contributed by atoms with Gasteiger partial charge in [-0.2, -0.15) is 0 Å². The third kappa shape index (κ3) is 4.07. The second kappa shape index (κ2) is 7.86. The lowest BCUT2D eigenvalue weighted by molar-refractivity contribution is 0.102. The highest BCUT2D eigenvalue weighted by molar-refractivity contribution is 6.03. The van der Waals surface area contributed by atoms with Crippen LogP contribution in [-0.2, 0) is 19.5 Å². The lowest BCUT2D eigenvalue weighted by atomic mass is 9.98. The number of imidazole rings is 1. The lowest BCUT2D eigenvalue weighted by Crippen LogP contribution is -2.24. The number of aryl methyl sites for hydroxylation is 1. The zero-order valence-corrected chi connectivity index (χ0v) is 16.2. The summed E-state index contributed by atoms with van der Waals surface area (Å²) >= 11 is 0. The molecule has 0 bridgehead atoms. The standard InChI is InChI=1S/C22H24N4O2/c1-15-7-16(9-20(8-15)28-2)12-26-13-21(24-14-26)25-22(27)18-3-4-19-11-23-6-5-17(19)10-18/h3-4,7-10,13-14,23H,5-6,11-12H2,1-2H3,(H,25,27). The Kier molecular flexibility index (Phi) is 5.12. The fourth-order valence-electron chi connectivity index (χ4n) is 3.56. The zero-order valence-electron chi connectivity index (χ0n) is 16.2. The summed E-state index contributed by atoms with van der Waals surface area (Å²) in [6.07, 6.45) is 4.52. The van der Waals surface area contributed by atoms with Gasteiger partial charge in [-0.25, -0.2) is 4.98 Å². The molecule has 1 aliphatic heterocycles. The summed E-state index contributed by atoms with van der Waals surface area (Å²) in [7, 11) is 1.67. The average Bonchev–Trinajstić information content (AvgIpc) is 3.13. The van der Waals surface area contributed by atoms with Crippen molar-refractivity contribution in [3.63, 3.8) is 0 Å². The molecule has 2 aromatic carbocycles. The third-order valence-corrected chi connectivity index (χ3v) is 4.94. The van der Waals surface area contributed by atoms with Gasteiger partial charge in [-0.1, -0.05) is 12.1 Å². The van der Waals surface area contributed by atoms with Crippen LogP contribution in [-0.4, -0.2) is 29.1 Å². The second-order valence-electron chi connectivity index (χ2n) is 7.15. The fraction of sp³-hybridized carbons (Fsp3) is 0.273. The number of fused-ring (bicyclic) bond motifs is 1. The number of nitrogens with one attached hydrogen (secondary N) is 2. The Morgan fingerprint density at radius 3 is 3.00 bits per heavy atom. The van der Waals surface area contributed by atoms with Gasteiger partial charge in [-0.05, 0) is 66.4 Å². The number of anilines is 1. The van der Waals surface area contributed by atoms with Crippen molar-refractivity contribution in [3.8, 4) is 5.75 Å². The summed E-state index contributed by atoms with van der Waals surface area (Å²) in [6.45, 7) is 4.52. The van der Waals surface area contributed by atoms with Gasteiger partial charge in [-0.15, -0.1) is 0 Å². The number of methoxy groups -OCH3 is 1. The van der Waals surface area contributed by atoms with Gasteiger partial charge in [0, 0.05) is 24.8 Å². The highest BCUT2D eigenvalue weighted by Crippen LogP contribution is 2.19. The Morgan fingerprint density at radius 1 is 1.25 bits per heavy atom. The van der Waals surface area contributed by atoms with Crippen LogP contribution in [0.25, 0.3) is 0 Å². The Morgan fingerprint density at radius 2 is 2.14 bits per heavy atom. The minimum atomic E-state index is -0.135. The van der Waals surface area contributed by atoms with Gasteiger partial charge in [0.2, 0.25) is 0 Å². The van der Waals surface area contributed by atoms with E-state index in [1.807, 2.05) is 48.0 Å². The zero-order chi connectivity index (χ0) is 19.5. The van der Waals surface area contributed by atoms with Crippen molar-refractivity contribution in [1.29, 1.82) is 0 Å². The first-order valence-corrected chi connectivity index (χ1v) is 9.41. The molecule has 0 saturated heterocycles. The van der Waals surface area contributed by atoms with Crippen LogP contribution in [0, 0.1) is 6.92 Å². The molecule has 0 unspecified atom stereocenters. The van der Waals surface area contributed by atoms with E-state index < -0.39 is 0 Å². The van der Waals surface area contributed by atoms with E-state index in [-0.39, 0.29) is 5.91 Å². The van der Waals surface area contributed by atoms with Crippen molar-refractivity contribution < 1.29 is 9.53 Å². The summed E-state index contributed by atoms with van der Waals surface area (Å²) in [4.78, 5) is 16.9. The van der Waals surface area contributed by atoms with Gasteiger partial charge in [0.15, 0.2) is 5.82 Å². The van der Waals surface area contributed by atoms with E-state index >= 15 is 0 Å². The molecule has 1 aliphatic rings. The average molecular weight is 376 g/mol. The molecule has 1 amide bonds. The minimum absolute atomic E-state index is 0.135. The van der Waals surface area contributed by atoms with Crippen molar-refractivity contribution in [1.82, 2.24) is 14.9 Å². The Bertz CT molecular complexity index is 1010. The number of ether oxygens (including phenoxy) is 1. The Hall–Kier alpha value is -3.12. The summed E-state index contributed by atoms with van der Waals surface area (Å²) in [5.41, 5.74) is 5.44. The lowest BCUT2D eigenvalue weighted by Gasteiger charge is -2.17. The normalized spacial score (nSPS) is 13.1. The molecule has 2 heterocycles. The maximum Gasteiger partial charge on any atom is 0.256 e. The third-order valence-electron chi connectivity index (χ3n) is 4.94. The first-order chi connectivity index (χ1) is 13.6. The van der Waals surface area contributed by atoms with E-state index in [0.717, 1.165) is 36.4 Å². The van der Waals surface area contributed by atoms with Crippen LogP contribution in [0.15, 0.2) is 48.9 Å². The van der Waals surface area contributed by atoms with Crippen LogP contribution in [0.5, 0.6) is 5.75 Å². The molecule has 28 heavy (non-hydrogen) atoms. The van der Waals surface area contributed by atoms with Crippen LogP contribution in [0.1, 0.15) is 32.6 Å². The first-order valence-electron chi connectivity index (χ1n) is 9.41. The van der Waals surface area contributed by atoms with Crippen molar-refractivity contribution in [2.75, 3.05) is 19.0 Å². The molecule has 6 heteroatoms. The van der Waals surface area contributed by atoms with E-state index in [0.29, 0.717) is 17.9 Å². The van der Waals surface area contributed by atoms with Crippen molar-refractivity contribution >= 4 is 11.7 Å². The molecule has 0 radical (unpaired) electrons. The van der Waals surface area contributed by atoms with Crippen molar-refractivity contribution in [2.24, 2.45) is 0 Å². The predicted molar refractivity (Wildman–Crippen MR) is 109 cm³/mol. The minimum Gasteiger partial charge on any atom is -0.497 e. The summed E-state index contributed by atoms with van der Waals surface area (Å²) in [5.74, 6) is 1.25. The van der Waals surface area contributed by atoms with E-state index in [1.165, 1.54) is 11.1 Å². The van der Waals surface area contributed by atoms with Crippen LogP contribution >= 0.6 is 0 Å². The molecule has 144 valence electrons. The topological polar surface area (TPSA) is 68.2 Å². The highest BCUT2D eigenvalue weighted by atomic mass is 16.5. The summed E-state index contributed by atoms with van der Waals surface area (Å²) < 4.78 is 7.28. The smallest absolute Gasteiger partial charge is 0.256 e. The number of aromatic nitrogens is 2. The molecular formula is C22H24N4O2. The number of carbonyl (C=O) groups excluding carboxylic acids is 1. The maximum absolute atomic E-state index is 12.6. The largest absolute Gasteiger partial charge is 0.497 e. The number of hydrogen-bond donors (Lipinski definition) is 2. The van der Waals surface area contributed by atoms with Gasteiger partial charge >= 0.3 is 0 Å². The van der Waals surface area contributed by atoms with Crippen LogP contribution in [0.2, 0.25) is 0 Å². The number of nitrogens with zero attached hydrogens (tertiary/aromatic N) is 2. The van der Waals surface area contributed by atoms with Gasteiger partial charge in [-0.3, -0.25) is 4.79 Å². The molecule has 0 spiro atoms. The molecule has 0 saturated carbocycles. The van der Waals surface area contributed by atoms with E-state index in [2.05, 4.69) is 21.7 Å². The molecule has 2 N–H and O–H groups in total. The fourth-order valence-corrected chi connectivity index (χ4v) is 3.56. The molecule has 0 aliphatic carbocycles. The number of carbonyl (C=O) groups is 1. The van der Waals surface area contributed by atoms with Gasteiger partial charge in [0.05, 0.1) is 13.4 Å². The summed E-state index contributed by atoms with van der Waals surface area (Å²) in [5, 5.41) is 6.24. The van der Waals surface area contributed by atoms with E-state index in [9.17, 15) is 4.79 Å². The highest BCUT2D eigenvalue weighted by Gasteiger charge is 2.13. The van der Waals surface area contributed by atoms with Gasteiger partial charge in [0.1, 0.15) is 5.75 Å². The number of rotatable bonds is 5. The first kappa shape index (κ1) is 18.3. The molecular weight excluding hydrogens is 352 g/mol. The monoisotopic (exact) mass is 376 g/mol. The molecule has 3 aromatic rings. The number of amides is 1. The molecule has 0 fully saturated rings. The van der Waals surface area contributed by atoms with Crippen molar-refractivity contribution in [2.45, 2.75) is 26.4 Å². The SMILES string of the molecule is COc1cc(C)cc(Cn2cnc(NC(=O)c3ccc4c(c3)CCNC4)c2)c1. The maximum atomic E-state index is 12.6. The molecule has 1 aromatic heterocycles. The van der Waals surface area contributed by atoms with Crippen LogP contribution < -0.4 is 15.4 Å². The molecule has 0 atom stereocenters. The predicted octanol–water partition coefficient (Wildman–Crippen LogP) is 3.15. The Balaban J connectivity index is 1.44. The Labute approximate surface area is 164 Å². The van der Waals surface area contributed by atoms with Crippen LogP contribution in [0.4, 0.5) is 5.82 Å². The number of benzene rings is 2. The van der Waals surface area contributed by atoms with Gasteiger partial charge < -0.3 is 19.9 Å². The van der Waals surface area contributed by atoms with E-state index in [4.69, 9.17) is 4.74 Å². The van der Waals surface area contributed by atoms with Crippen LogP contribution in [0.3, 0.4) is 0 Å². The summed E-state index contributed by atoms with van der Waals surface area (Å²) in [6, 6.07) is 12.0. The molecule has 6 nitrogen and oxygen atoms in total. The molecule has 4 rings (SSSR count). The quantitative estimate of drug-likeness (QED) is 0.718.